The zero-order valence-corrected chi connectivity index (χ0v) is 13.9. The molecule has 1 aromatic carbocycles. The third-order valence-electron chi connectivity index (χ3n) is 4.69. The molecule has 2 atom stereocenters. The van der Waals surface area contributed by atoms with Gasteiger partial charge in [-0.3, -0.25) is 0 Å². The van der Waals surface area contributed by atoms with E-state index in [2.05, 4.69) is 63.3 Å². The molecule has 0 amide bonds. The molecule has 0 aliphatic rings. The molecule has 0 saturated carbocycles. The third-order valence-corrected chi connectivity index (χ3v) is 4.69. The summed E-state index contributed by atoms with van der Waals surface area (Å²) in [5.41, 5.74) is 0.983. The first kappa shape index (κ1) is 16.1. The smallest absolute Gasteiger partial charge is 0.134 e. The number of rotatable bonds is 7. The summed E-state index contributed by atoms with van der Waals surface area (Å²) >= 11 is 0. The molecule has 3 nitrogen and oxygen atoms in total. The lowest BCUT2D eigenvalue weighted by Gasteiger charge is -2.42. The van der Waals surface area contributed by atoms with E-state index in [1.165, 1.54) is 5.39 Å². The van der Waals surface area contributed by atoms with Crippen molar-refractivity contribution in [2.24, 2.45) is 0 Å². The van der Waals surface area contributed by atoms with Gasteiger partial charge in [-0.2, -0.15) is 0 Å². The van der Waals surface area contributed by atoms with Gasteiger partial charge in [0, 0.05) is 10.9 Å². The summed E-state index contributed by atoms with van der Waals surface area (Å²) in [5, 5.41) is 4.86. The van der Waals surface area contributed by atoms with Gasteiger partial charge in [0.05, 0.1) is 6.04 Å². The van der Waals surface area contributed by atoms with E-state index in [0.29, 0.717) is 0 Å². The van der Waals surface area contributed by atoms with E-state index in [1.54, 1.807) is 0 Å². The highest BCUT2D eigenvalue weighted by molar-refractivity contribution is 5.77. The van der Waals surface area contributed by atoms with Gasteiger partial charge >= 0.3 is 0 Å². The van der Waals surface area contributed by atoms with Gasteiger partial charge in [-0.05, 0) is 52.5 Å². The van der Waals surface area contributed by atoms with Gasteiger partial charge in [0.1, 0.15) is 11.3 Å². The third kappa shape index (κ3) is 3.14. The summed E-state index contributed by atoms with van der Waals surface area (Å²) in [6.45, 7) is 7.73. The average molecular weight is 288 g/mol. The molecule has 0 bridgehead atoms. The topological polar surface area (TPSA) is 28.4 Å². The second kappa shape index (κ2) is 6.63. The fourth-order valence-corrected chi connectivity index (χ4v) is 2.84. The maximum atomic E-state index is 6.14. The van der Waals surface area contributed by atoms with Crippen LogP contribution in [0, 0.1) is 0 Å². The molecule has 2 aromatic rings. The highest BCUT2D eigenvalue weighted by atomic mass is 16.3. The predicted molar refractivity (Wildman–Crippen MR) is 89.6 cm³/mol. The Morgan fingerprint density at radius 1 is 1.24 bits per heavy atom. The number of furan rings is 1. The van der Waals surface area contributed by atoms with Crippen molar-refractivity contribution < 1.29 is 4.42 Å². The SMILES string of the molecule is CCCNC(c1cc2ccccc2o1)C(C)(CC)N(C)C. The largest absolute Gasteiger partial charge is 0.459 e. The van der Waals surface area contributed by atoms with Crippen molar-refractivity contribution in [3.05, 3.63) is 36.1 Å². The predicted octanol–water partition coefficient (Wildman–Crippen LogP) is 4.20. The fraction of sp³-hybridized carbons (Fsp3) is 0.556. The molecule has 0 aliphatic carbocycles. The lowest BCUT2D eigenvalue weighted by atomic mass is 9.86. The molecule has 0 aliphatic heterocycles. The van der Waals surface area contributed by atoms with Crippen LogP contribution in [0.4, 0.5) is 0 Å². The van der Waals surface area contributed by atoms with Crippen LogP contribution < -0.4 is 5.32 Å². The Balaban J connectivity index is 2.43. The second-order valence-electron chi connectivity index (χ2n) is 6.18. The summed E-state index contributed by atoms with van der Waals surface area (Å²) in [5.74, 6) is 1.03. The number of fused-ring (bicyclic) bond motifs is 1. The minimum Gasteiger partial charge on any atom is -0.459 e. The van der Waals surface area contributed by atoms with Gasteiger partial charge in [-0.1, -0.05) is 32.0 Å². The molecule has 116 valence electrons. The first-order valence-electron chi connectivity index (χ1n) is 7.92. The highest BCUT2D eigenvalue weighted by Crippen LogP contribution is 2.35. The van der Waals surface area contributed by atoms with E-state index in [-0.39, 0.29) is 11.6 Å². The quantitative estimate of drug-likeness (QED) is 0.827. The minimum atomic E-state index is 0.0169. The van der Waals surface area contributed by atoms with Crippen molar-refractivity contribution >= 4 is 11.0 Å². The number of benzene rings is 1. The van der Waals surface area contributed by atoms with Crippen molar-refractivity contribution in [3.8, 4) is 0 Å². The molecule has 2 unspecified atom stereocenters. The Morgan fingerprint density at radius 3 is 2.52 bits per heavy atom. The maximum Gasteiger partial charge on any atom is 0.134 e. The van der Waals surface area contributed by atoms with Crippen LogP contribution in [-0.2, 0) is 0 Å². The average Bonchev–Trinajstić information content (AvgIpc) is 2.90. The first-order chi connectivity index (χ1) is 10.0. The Hall–Kier alpha value is -1.32. The van der Waals surface area contributed by atoms with E-state index in [9.17, 15) is 0 Å². The summed E-state index contributed by atoms with van der Waals surface area (Å²) in [7, 11) is 4.29. The van der Waals surface area contributed by atoms with Crippen LogP contribution in [0.3, 0.4) is 0 Å². The zero-order chi connectivity index (χ0) is 15.5. The van der Waals surface area contributed by atoms with Crippen LogP contribution >= 0.6 is 0 Å². The van der Waals surface area contributed by atoms with Crippen molar-refractivity contribution in [1.82, 2.24) is 10.2 Å². The molecule has 1 aromatic heterocycles. The molecular weight excluding hydrogens is 260 g/mol. The molecule has 0 spiro atoms. The normalized spacial score (nSPS) is 16.3. The standard InChI is InChI=1S/C18H28N2O/c1-6-12-19-17(18(3,7-2)20(4)5)16-13-14-10-8-9-11-15(14)21-16/h8-11,13,17,19H,6-7,12H2,1-5H3. The van der Waals surface area contributed by atoms with Gasteiger partial charge in [-0.15, -0.1) is 0 Å². The monoisotopic (exact) mass is 288 g/mol. The van der Waals surface area contributed by atoms with Gasteiger partial charge in [0.15, 0.2) is 0 Å². The number of likely N-dealkylation sites (N-methyl/N-ethyl adjacent to an activating group) is 1. The molecule has 3 heteroatoms. The van der Waals surface area contributed by atoms with Gasteiger partial charge < -0.3 is 14.6 Å². The number of nitrogens with one attached hydrogen (secondary N) is 1. The van der Waals surface area contributed by atoms with Gasteiger partial charge in [0.2, 0.25) is 0 Å². The summed E-state index contributed by atoms with van der Waals surface area (Å²) in [6, 6.07) is 10.6. The highest BCUT2D eigenvalue weighted by Gasteiger charge is 2.37. The Morgan fingerprint density at radius 2 is 1.95 bits per heavy atom. The van der Waals surface area contributed by atoms with Crippen LogP contribution in [0.25, 0.3) is 11.0 Å². The van der Waals surface area contributed by atoms with E-state index in [1.807, 2.05) is 12.1 Å². The molecule has 0 saturated heterocycles. The van der Waals surface area contributed by atoms with Crippen LogP contribution in [0.5, 0.6) is 0 Å². The minimum absolute atomic E-state index is 0.0169. The molecule has 2 rings (SSSR count). The van der Waals surface area contributed by atoms with Crippen LogP contribution in [0.15, 0.2) is 34.7 Å². The van der Waals surface area contributed by atoms with E-state index >= 15 is 0 Å². The lowest BCUT2D eigenvalue weighted by molar-refractivity contribution is 0.102. The number of para-hydroxylation sites is 1. The maximum absolute atomic E-state index is 6.14. The van der Waals surface area contributed by atoms with Crippen LogP contribution in [0.2, 0.25) is 0 Å². The Kier molecular flexibility index (Phi) is 5.07. The summed E-state index contributed by atoms with van der Waals surface area (Å²) in [6.07, 6.45) is 2.17. The molecule has 0 fully saturated rings. The van der Waals surface area contributed by atoms with E-state index < -0.39 is 0 Å². The number of nitrogens with zero attached hydrogens (tertiary/aromatic N) is 1. The van der Waals surface area contributed by atoms with Crippen LogP contribution in [0.1, 0.15) is 45.4 Å². The molecule has 21 heavy (non-hydrogen) atoms. The number of hydrogen-bond acceptors (Lipinski definition) is 3. The second-order valence-corrected chi connectivity index (χ2v) is 6.18. The molecule has 0 radical (unpaired) electrons. The summed E-state index contributed by atoms with van der Waals surface area (Å²) in [4.78, 5) is 2.30. The molecular formula is C18H28N2O. The van der Waals surface area contributed by atoms with Gasteiger partial charge in [0.25, 0.3) is 0 Å². The lowest BCUT2D eigenvalue weighted by Crippen LogP contribution is -2.51. The van der Waals surface area contributed by atoms with Crippen LogP contribution in [-0.4, -0.2) is 31.1 Å². The molecule has 1 heterocycles. The Labute approximate surface area is 128 Å². The van der Waals surface area contributed by atoms with Gasteiger partial charge in [-0.25, -0.2) is 0 Å². The van der Waals surface area contributed by atoms with Crippen molar-refractivity contribution in [3.63, 3.8) is 0 Å². The van der Waals surface area contributed by atoms with E-state index in [4.69, 9.17) is 4.42 Å². The molecule has 1 N–H and O–H groups in total. The zero-order valence-electron chi connectivity index (χ0n) is 13.9. The number of hydrogen-bond donors (Lipinski definition) is 1. The van der Waals surface area contributed by atoms with Crippen molar-refractivity contribution in [1.29, 1.82) is 0 Å². The van der Waals surface area contributed by atoms with Crippen molar-refractivity contribution in [2.45, 2.75) is 45.2 Å². The first-order valence-corrected chi connectivity index (χ1v) is 7.92. The summed E-state index contributed by atoms with van der Waals surface area (Å²) < 4.78 is 6.14. The fourth-order valence-electron chi connectivity index (χ4n) is 2.84. The van der Waals surface area contributed by atoms with Crippen molar-refractivity contribution in [2.75, 3.05) is 20.6 Å². The van der Waals surface area contributed by atoms with E-state index in [0.717, 1.165) is 30.7 Å². The Bertz CT molecular complexity index is 542.